The van der Waals surface area contributed by atoms with E-state index in [4.69, 9.17) is 0 Å². The third-order valence-electron chi connectivity index (χ3n) is 3.39. The molecule has 1 aliphatic rings. The highest BCUT2D eigenvalue weighted by Crippen LogP contribution is 2.31. The van der Waals surface area contributed by atoms with Crippen molar-refractivity contribution in [1.82, 2.24) is 9.88 Å². The molecule has 0 aliphatic carbocycles. The van der Waals surface area contributed by atoms with E-state index in [1.54, 1.807) is 0 Å². The highest BCUT2D eigenvalue weighted by Gasteiger charge is 2.25. The third kappa shape index (κ3) is 2.73. The van der Waals surface area contributed by atoms with E-state index in [0.717, 1.165) is 30.8 Å². The van der Waals surface area contributed by atoms with Crippen molar-refractivity contribution in [2.24, 2.45) is 0 Å². The number of hydrogen-bond acceptors (Lipinski definition) is 3. The van der Waals surface area contributed by atoms with Crippen LogP contribution in [-0.4, -0.2) is 28.1 Å². The van der Waals surface area contributed by atoms with Gasteiger partial charge in [-0.15, -0.1) is 6.58 Å². The first-order valence-corrected chi connectivity index (χ1v) is 6.26. The van der Waals surface area contributed by atoms with Crippen molar-refractivity contribution in [2.75, 3.05) is 13.1 Å². The summed E-state index contributed by atoms with van der Waals surface area (Å²) in [5, 5.41) is 9.39. The van der Waals surface area contributed by atoms with Crippen molar-refractivity contribution in [1.29, 1.82) is 0 Å². The second-order valence-electron chi connectivity index (χ2n) is 4.50. The minimum atomic E-state index is 0.0710. The molecule has 92 valence electrons. The van der Waals surface area contributed by atoms with Crippen molar-refractivity contribution in [3.63, 3.8) is 0 Å². The predicted molar refractivity (Wildman–Crippen MR) is 68.5 cm³/mol. The van der Waals surface area contributed by atoms with Crippen LogP contribution in [0.2, 0.25) is 0 Å². The topological polar surface area (TPSA) is 36.4 Å². The van der Waals surface area contributed by atoms with Crippen molar-refractivity contribution < 1.29 is 5.11 Å². The maximum absolute atomic E-state index is 9.39. The van der Waals surface area contributed by atoms with Gasteiger partial charge in [-0.05, 0) is 25.5 Å². The van der Waals surface area contributed by atoms with Crippen molar-refractivity contribution in [3.05, 3.63) is 42.2 Å². The summed E-state index contributed by atoms with van der Waals surface area (Å²) in [7, 11) is 0. The Bertz CT molecular complexity index is 378. The number of rotatable bonds is 4. The average molecular weight is 232 g/mol. The highest BCUT2D eigenvalue weighted by molar-refractivity contribution is 5.22. The van der Waals surface area contributed by atoms with E-state index in [-0.39, 0.29) is 6.61 Å². The van der Waals surface area contributed by atoms with Gasteiger partial charge >= 0.3 is 0 Å². The normalized spacial score (nSPS) is 21.4. The minimum Gasteiger partial charge on any atom is -0.392 e. The zero-order chi connectivity index (χ0) is 12.1. The second kappa shape index (κ2) is 5.94. The summed E-state index contributed by atoms with van der Waals surface area (Å²) in [6.45, 7) is 5.88. The first-order valence-electron chi connectivity index (χ1n) is 6.26. The molecule has 0 saturated carbocycles. The largest absolute Gasteiger partial charge is 0.392 e. The van der Waals surface area contributed by atoms with Crippen molar-refractivity contribution in [3.8, 4) is 0 Å². The number of nitrogens with zero attached hydrogens (tertiary/aromatic N) is 2. The maximum atomic E-state index is 9.39. The SMILES string of the molecule is C=CCN1CCCCC1c1ncccc1CO. The fourth-order valence-corrected chi connectivity index (χ4v) is 2.57. The molecule has 1 aliphatic heterocycles. The lowest BCUT2D eigenvalue weighted by molar-refractivity contribution is 0.159. The summed E-state index contributed by atoms with van der Waals surface area (Å²) in [5.74, 6) is 0. The molecule has 3 nitrogen and oxygen atoms in total. The van der Waals surface area contributed by atoms with E-state index in [9.17, 15) is 5.11 Å². The van der Waals surface area contributed by atoms with Crippen LogP contribution in [-0.2, 0) is 6.61 Å². The van der Waals surface area contributed by atoms with Gasteiger partial charge < -0.3 is 5.11 Å². The van der Waals surface area contributed by atoms with Gasteiger partial charge in [0.25, 0.3) is 0 Å². The average Bonchev–Trinajstić information content (AvgIpc) is 2.40. The molecule has 1 saturated heterocycles. The number of aromatic nitrogens is 1. The second-order valence-corrected chi connectivity index (χ2v) is 4.50. The standard InChI is InChI=1S/C14H20N2O/c1-2-9-16-10-4-3-7-13(16)14-12(11-17)6-5-8-15-14/h2,5-6,8,13,17H,1,3-4,7,9-11H2. The zero-order valence-corrected chi connectivity index (χ0v) is 10.2. The third-order valence-corrected chi connectivity index (χ3v) is 3.39. The number of pyridine rings is 1. The lowest BCUT2D eigenvalue weighted by atomic mass is 9.96. The van der Waals surface area contributed by atoms with Crippen LogP contribution in [0.5, 0.6) is 0 Å². The summed E-state index contributed by atoms with van der Waals surface area (Å²) in [6, 6.07) is 4.18. The van der Waals surface area contributed by atoms with Crippen LogP contribution in [0, 0.1) is 0 Å². The summed E-state index contributed by atoms with van der Waals surface area (Å²) < 4.78 is 0. The van der Waals surface area contributed by atoms with Gasteiger partial charge in [-0.2, -0.15) is 0 Å². The molecule has 3 heteroatoms. The first kappa shape index (κ1) is 12.3. The molecule has 2 rings (SSSR count). The first-order chi connectivity index (χ1) is 8.36. The highest BCUT2D eigenvalue weighted by atomic mass is 16.3. The van der Waals surface area contributed by atoms with Crippen LogP contribution in [0.25, 0.3) is 0 Å². The quantitative estimate of drug-likeness (QED) is 0.809. The Morgan fingerprint density at radius 1 is 1.53 bits per heavy atom. The fourth-order valence-electron chi connectivity index (χ4n) is 2.57. The van der Waals surface area contributed by atoms with Crippen LogP contribution in [0.1, 0.15) is 36.6 Å². The molecule has 1 fully saturated rings. The molecular weight excluding hydrogens is 212 g/mol. The molecule has 0 radical (unpaired) electrons. The van der Waals surface area contributed by atoms with Crippen molar-refractivity contribution in [2.45, 2.75) is 31.9 Å². The van der Waals surface area contributed by atoms with Gasteiger partial charge in [0.2, 0.25) is 0 Å². The molecule has 1 N–H and O–H groups in total. The molecular formula is C14H20N2O. The van der Waals surface area contributed by atoms with Gasteiger partial charge in [0, 0.05) is 18.3 Å². The molecule has 1 aromatic heterocycles. The fraction of sp³-hybridized carbons (Fsp3) is 0.500. The Morgan fingerprint density at radius 2 is 2.41 bits per heavy atom. The molecule has 17 heavy (non-hydrogen) atoms. The van der Waals surface area contributed by atoms with E-state index in [2.05, 4.69) is 16.5 Å². The summed E-state index contributed by atoms with van der Waals surface area (Å²) in [6.07, 6.45) is 7.36. The van der Waals surface area contributed by atoms with Crippen LogP contribution in [0.3, 0.4) is 0 Å². The molecule has 0 bridgehead atoms. The minimum absolute atomic E-state index is 0.0710. The van der Waals surface area contributed by atoms with Gasteiger partial charge in [-0.3, -0.25) is 9.88 Å². The molecule has 1 atom stereocenters. The number of likely N-dealkylation sites (tertiary alicyclic amines) is 1. The molecule has 0 amide bonds. The summed E-state index contributed by atoms with van der Waals surface area (Å²) in [5.41, 5.74) is 1.99. The van der Waals surface area contributed by atoms with Crippen LogP contribution >= 0.6 is 0 Å². The number of piperidine rings is 1. The van der Waals surface area contributed by atoms with Gasteiger partial charge in [-0.25, -0.2) is 0 Å². The van der Waals surface area contributed by atoms with Crippen molar-refractivity contribution >= 4 is 0 Å². The Labute approximate surface area is 103 Å². The number of hydrogen-bond donors (Lipinski definition) is 1. The van der Waals surface area contributed by atoms with Gasteiger partial charge in [-0.1, -0.05) is 18.6 Å². The summed E-state index contributed by atoms with van der Waals surface area (Å²) in [4.78, 5) is 6.87. The lowest BCUT2D eigenvalue weighted by Gasteiger charge is -2.35. The van der Waals surface area contributed by atoms with Gasteiger partial charge in [0.15, 0.2) is 0 Å². The monoisotopic (exact) mass is 232 g/mol. The molecule has 0 aromatic carbocycles. The molecule has 2 heterocycles. The van der Waals surface area contributed by atoms with Crippen LogP contribution in [0.15, 0.2) is 31.0 Å². The molecule has 1 aromatic rings. The van der Waals surface area contributed by atoms with E-state index < -0.39 is 0 Å². The number of aliphatic hydroxyl groups is 1. The van der Waals surface area contributed by atoms with E-state index in [1.807, 2.05) is 24.4 Å². The maximum Gasteiger partial charge on any atom is 0.0700 e. The van der Waals surface area contributed by atoms with E-state index in [0.29, 0.717) is 6.04 Å². The Balaban J connectivity index is 2.25. The smallest absolute Gasteiger partial charge is 0.0700 e. The van der Waals surface area contributed by atoms with E-state index >= 15 is 0 Å². The zero-order valence-electron chi connectivity index (χ0n) is 10.2. The Hall–Kier alpha value is -1.19. The molecule has 0 spiro atoms. The van der Waals surface area contributed by atoms with Gasteiger partial charge in [0.05, 0.1) is 18.3 Å². The van der Waals surface area contributed by atoms with Crippen LogP contribution in [0.4, 0.5) is 0 Å². The van der Waals surface area contributed by atoms with Crippen LogP contribution < -0.4 is 0 Å². The Morgan fingerprint density at radius 3 is 3.18 bits per heavy atom. The van der Waals surface area contributed by atoms with E-state index in [1.165, 1.54) is 12.8 Å². The summed E-state index contributed by atoms with van der Waals surface area (Å²) >= 11 is 0. The predicted octanol–water partition coefficient (Wildman–Crippen LogP) is 2.29. The number of aliphatic hydroxyl groups excluding tert-OH is 1. The van der Waals surface area contributed by atoms with Gasteiger partial charge in [0.1, 0.15) is 0 Å². The Kier molecular flexibility index (Phi) is 4.29. The lowest BCUT2D eigenvalue weighted by Crippen LogP contribution is -2.34. The molecule has 1 unspecified atom stereocenters.